The van der Waals surface area contributed by atoms with Crippen LogP contribution >= 0.6 is 0 Å². The molecule has 4 unspecified atom stereocenters. The molecule has 3 fully saturated rings. The minimum absolute atomic E-state index is 0.0441. The maximum absolute atomic E-state index is 10.1. The van der Waals surface area contributed by atoms with Gasteiger partial charge in [0.25, 0.3) is 0 Å². The predicted octanol–water partition coefficient (Wildman–Crippen LogP) is 1.10. The number of aliphatic hydroxyl groups is 1. The summed E-state index contributed by atoms with van der Waals surface area (Å²) in [6, 6.07) is 0. The average Bonchev–Trinajstić information content (AvgIpc) is 3.00. The van der Waals surface area contributed by atoms with Gasteiger partial charge in [-0.2, -0.15) is 0 Å². The minimum atomic E-state index is -0.0441. The van der Waals surface area contributed by atoms with Gasteiger partial charge in [-0.1, -0.05) is 6.92 Å². The molecule has 4 heteroatoms. The highest BCUT2D eigenvalue weighted by Crippen LogP contribution is 2.40. The van der Waals surface area contributed by atoms with Crippen LogP contribution in [0.5, 0.6) is 0 Å². The van der Waals surface area contributed by atoms with Crippen LogP contribution in [0.1, 0.15) is 32.6 Å². The second-order valence-electron chi connectivity index (χ2n) is 7.20. The number of fused-ring (bicyclic) bond motifs is 1. The fourth-order valence-corrected chi connectivity index (χ4v) is 4.55. The van der Waals surface area contributed by atoms with Gasteiger partial charge in [0.15, 0.2) is 0 Å². The van der Waals surface area contributed by atoms with Crippen molar-refractivity contribution in [2.45, 2.75) is 38.7 Å². The van der Waals surface area contributed by atoms with Gasteiger partial charge < -0.3 is 20.1 Å². The Morgan fingerprint density at radius 2 is 2.25 bits per heavy atom. The molecule has 0 aromatic heterocycles. The molecule has 4 atom stereocenters. The third-order valence-electron chi connectivity index (χ3n) is 5.61. The normalized spacial score (nSPS) is 42.0. The standard InChI is InChI=1S/C16H30N2O2/c1-2-17-10-16(6-3-7-20-12-16)11-18-8-13-4-5-15(19)14(13)9-18/h13-15,17,19H,2-12H2,1H3. The first-order valence-corrected chi connectivity index (χ1v) is 8.41. The number of likely N-dealkylation sites (tertiary alicyclic amines) is 1. The molecule has 3 rings (SSSR count). The van der Waals surface area contributed by atoms with Gasteiger partial charge in [0, 0.05) is 44.1 Å². The molecule has 0 radical (unpaired) electrons. The summed E-state index contributed by atoms with van der Waals surface area (Å²) < 4.78 is 5.79. The van der Waals surface area contributed by atoms with Crippen molar-refractivity contribution in [3.63, 3.8) is 0 Å². The van der Waals surface area contributed by atoms with Gasteiger partial charge in [-0.15, -0.1) is 0 Å². The van der Waals surface area contributed by atoms with Crippen LogP contribution in [0.4, 0.5) is 0 Å². The third-order valence-corrected chi connectivity index (χ3v) is 5.61. The molecule has 2 N–H and O–H groups in total. The van der Waals surface area contributed by atoms with Gasteiger partial charge >= 0.3 is 0 Å². The zero-order chi connectivity index (χ0) is 14.0. The molecule has 116 valence electrons. The molecular formula is C16H30N2O2. The summed E-state index contributed by atoms with van der Waals surface area (Å²) in [5.74, 6) is 1.28. The number of ether oxygens (including phenoxy) is 1. The summed E-state index contributed by atoms with van der Waals surface area (Å²) >= 11 is 0. The van der Waals surface area contributed by atoms with E-state index in [1.165, 1.54) is 25.8 Å². The molecule has 0 aromatic carbocycles. The Morgan fingerprint density at radius 1 is 1.35 bits per heavy atom. The van der Waals surface area contributed by atoms with Gasteiger partial charge in [0.2, 0.25) is 0 Å². The van der Waals surface area contributed by atoms with Crippen molar-refractivity contribution in [2.24, 2.45) is 17.3 Å². The number of nitrogens with one attached hydrogen (secondary N) is 1. The van der Waals surface area contributed by atoms with Crippen LogP contribution in [-0.2, 0) is 4.74 Å². The molecule has 2 saturated heterocycles. The molecule has 2 aliphatic heterocycles. The number of nitrogens with zero attached hydrogens (tertiary/aromatic N) is 1. The number of aliphatic hydroxyl groups excluding tert-OH is 1. The van der Waals surface area contributed by atoms with E-state index in [1.807, 2.05) is 0 Å². The summed E-state index contributed by atoms with van der Waals surface area (Å²) in [7, 11) is 0. The largest absolute Gasteiger partial charge is 0.393 e. The van der Waals surface area contributed by atoms with Crippen molar-refractivity contribution in [3.8, 4) is 0 Å². The maximum atomic E-state index is 10.1. The fourth-order valence-electron chi connectivity index (χ4n) is 4.55. The Bertz CT molecular complexity index is 318. The van der Waals surface area contributed by atoms with Crippen LogP contribution in [0, 0.1) is 17.3 Å². The SMILES string of the molecule is CCNCC1(CN2CC3CCC(O)C3C2)CCCOC1. The Labute approximate surface area is 122 Å². The van der Waals surface area contributed by atoms with Crippen molar-refractivity contribution in [1.82, 2.24) is 10.2 Å². The zero-order valence-corrected chi connectivity index (χ0v) is 12.8. The summed E-state index contributed by atoms with van der Waals surface area (Å²) in [5, 5.41) is 13.6. The van der Waals surface area contributed by atoms with Crippen molar-refractivity contribution < 1.29 is 9.84 Å². The van der Waals surface area contributed by atoms with E-state index >= 15 is 0 Å². The van der Waals surface area contributed by atoms with E-state index < -0.39 is 0 Å². The van der Waals surface area contributed by atoms with E-state index in [2.05, 4.69) is 17.1 Å². The van der Waals surface area contributed by atoms with Crippen LogP contribution in [0.2, 0.25) is 0 Å². The molecule has 0 aromatic rings. The fraction of sp³-hybridized carbons (Fsp3) is 1.00. The first-order chi connectivity index (χ1) is 9.72. The first kappa shape index (κ1) is 14.8. The second-order valence-corrected chi connectivity index (χ2v) is 7.20. The van der Waals surface area contributed by atoms with E-state index in [9.17, 15) is 5.11 Å². The lowest BCUT2D eigenvalue weighted by molar-refractivity contribution is -0.0246. The van der Waals surface area contributed by atoms with Crippen molar-refractivity contribution in [2.75, 3.05) is 45.9 Å². The smallest absolute Gasteiger partial charge is 0.0583 e. The lowest BCUT2D eigenvalue weighted by atomic mass is 9.81. The zero-order valence-electron chi connectivity index (χ0n) is 12.8. The number of rotatable bonds is 5. The van der Waals surface area contributed by atoms with E-state index in [-0.39, 0.29) is 11.5 Å². The van der Waals surface area contributed by atoms with Gasteiger partial charge in [-0.05, 0) is 38.1 Å². The Morgan fingerprint density at radius 3 is 2.95 bits per heavy atom. The average molecular weight is 282 g/mol. The molecule has 4 nitrogen and oxygen atoms in total. The van der Waals surface area contributed by atoms with Crippen LogP contribution < -0.4 is 5.32 Å². The highest BCUT2D eigenvalue weighted by Gasteiger charge is 2.44. The van der Waals surface area contributed by atoms with Crippen LogP contribution in [-0.4, -0.2) is 62.0 Å². The van der Waals surface area contributed by atoms with E-state index in [0.29, 0.717) is 5.92 Å². The molecular weight excluding hydrogens is 252 g/mol. The van der Waals surface area contributed by atoms with Crippen LogP contribution in [0.15, 0.2) is 0 Å². The maximum Gasteiger partial charge on any atom is 0.0583 e. The summed E-state index contributed by atoms with van der Waals surface area (Å²) in [6.07, 6.45) is 4.66. The molecule has 0 spiro atoms. The minimum Gasteiger partial charge on any atom is -0.393 e. The second kappa shape index (κ2) is 6.30. The number of hydrogen-bond donors (Lipinski definition) is 2. The highest BCUT2D eigenvalue weighted by molar-refractivity contribution is 4.96. The van der Waals surface area contributed by atoms with Crippen molar-refractivity contribution in [1.29, 1.82) is 0 Å². The third kappa shape index (κ3) is 3.03. The lowest BCUT2D eigenvalue weighted by Gasteiger charge is -2.40. The van der Waals surface area contributed by atoms with Gasteiger partial charge in [-0.25, -0.2) is 0 Å². The van der Waals surface area contributed by atoms with E-state index in [1.54, 1.807) is 0 Å². The predicted molar refractivity (Wildman–Crippen MR) is 79.7 cm³/mol. The molecule has 3 aliphatic rings. The lowest BCUT2D eigenvalue weighted by Crippen LogP contribution is -2.48. The van der Waals surface area contributed by atoms with E-state index in [4.69, 9.17) is 4.74 Å². The Hall–Kier alpha value is -0.160. The molecule has 1 aliphatic carbocycles. The molecule has 0 bridgehead atoms. The quantitative estimate of drug-likeness (QED) is 0.792. The molecule has 1 saturated carbocycles. The van der Waals surface area contributed by atoms with Crippen LogP contribution in [0.25, 0.3) is 0 Å². The van der Waals surface area contributed by atoms with Gasteiger partial charge in [-0.3, -0.25) is 0 Å². The summed E-state index contributed by atoms with van der Waals surface area (Å²) in [5.41, 5.74) is 0.290. The van der Waals surface area contributed by atoms with Gasteiger partial charge in [0.1, 0.15) is 0 Å². The first-order valence-electron chi connectivity index (χ1n) is 8.41. The molecule has 2 heterocycles. The Kier molecular flexibility index (Phi) is 4.65. The highest BCUT2D eigenvalue weighted by atomic mass is 16.5. The van der Waals surface area contributed by atoms with Crippen LogP contribution in [0.3, 0.4) is 0 Å². The molecule has 0 amide bonds. The summed E-state index contributed by atoms with van der Waals surface area (Å²) in [6.45, 7) is 9.53. The van der Waals surface area contributed by atoms with Gasteiger partial charge in [0.05, 0.1) is 12.7 Å². The van der Waals surface area contributed by atoms with E-state index in [0.717, 1.165) is 51.7 Å². The Balaban J connectivity index is 1.59. The number of hydrogen-bond acceptors (Lipinski definition) is 4. The summed E-state index contributed by atoms with van der Waals surface area (Å²) in [4.78, 5) is 2.60. The van der Waals surface area contributed by atoms with Crippen molar-refractivity contribution >= 4 is 0 Å². The topological polar surface area (TPSA) is 44.7 Å². The van der Waals surface area contributed by atoms with Crippen molar-refractivity contribution in [3.05, 3.63) is 0 Å². The monoisotopic (exact) mass is 282 g/mol. The molecule has 20 heavy (non-hydrogen) atoms.